The zero-order chi connectivity index (χ0) is 17.6. The maximum atomic E-state index is 14.0. The van der Waals surface area contributed by atoms with Crippen molar-refractivity contribution in [2.24, 2.45) is 0 Å². The molecule has 0 aliphatic carbocycles. The van der Waals surface area contributed by atoms with Crippen LogP contribution in [0.15, 0.2) is 36.9 Å². The number of nitrogens with two attached hydrogens (primary N) is 1. The van der Waals surface area contributed by atoms with E-state index in [-0.39, 0.29) is 5.56 Å². The lowest BCUT2D eigenvalue weighted by Gasteiger charge is -2.15. The van der Waals surface area contributed by atoms with E-state index in [0.29, 0.717) is 16.1 Å². The molecule has 0 saturated heterocycles. The molecule has 0 atom stereocenters. The first-order valence-electron chi connectivity index (χ1n) is 7.36. The molecule has 3 rings (SSSR count). The quantitative estimate of drug-likeness (QED) is 0.549. The Bertz CT molecular complexity index is 951. The Morgan fingerprint density at radius 3 is 2.54 bits per heavy atom. The Labute approximate surface area is 142 Å². The molecule has 0 bridgehead atoms. The maximum absolute atomic E-state index is 14.0. The van der Waals surface area contributed by atoms with Crippen LogP contribution >= 0.6 is 11.3 Å². The zero-order valence-electron chi connectivity index (χ0n) is 13.3. The van der Waals surface area contributed by atoms with Crippen molar-refractivity contribution in [3.05, 3.63) is 59.4 Å². The van der Waals surface area contributed by atoms with Crippen molar-refractivity contribution in [1.82, 2.24) is 0 Å². The summed E-state index contributed by atoms with van der Waals surface area (Å²) >= 11 is 1.37. The summed E-state index contributed by atoms with van der Waals surface area (Å²) < 4.78 is 42.4. The van der Waals surface area contributed by atoms with E-state index in [4.69, 9.17) is 5.73 Å². The monoisotopic (exact) mass is 347 g/mol. The Hall–Kier alpha value is -2.27. The molecule has 2 aromatic carbocycles. The highest BCUT2D eigenvalue weighted by Crippen LogP contribution is 2.45. The Balaban J connectivity index is 2.36. The lowest BCUT2D eigenvalue weighted by atomic mass is 9.98. The number of thiophene rings is 1. The summed E-state index contributed by atoms with van der Waals surface area (Å²) in [6, 6.07) is 7.18. The van der Waals surface area contributed by atoms with Crippen molar-refractivity contribution in [2.75, 3.05) is 5.73 Å². The van der Waals surface area contributed by atoms with Crippen LogP contribution in [0.4, 0.5) is 18.9 Å². The van der Waals surface area contributed by atoms with Gasteiger partial charge in [0, 0.05) is 38.9 Å². The van der Waals surface area contributed by atoms with Crippen LogP contribution in [-0.4, -0.2) is 0 Å². The van der Waals surface area contributed by atoms with E-state index >= 15 is 0 Å². The molecule has 1 nitrogen and oxygen atoms in total. The number of nitrogen functional groups attached to an aromatic ring is 1. The lowest BCUT2D eigenvalue weighted by Crippen LogP contribution is -2.09. The molecule has 3 aromatic rings. The standard InChI is InChI=1S/C19H16F3NS/c1-4-12-16(23)8-7-13-10(2)17(24-18(12)13)14-6-5-11(20)9-15(14)19(3,21)22/h4-9H,1,23H2,2-3H3. The number of alkyl halides is 2. The minimum atomic E-state index is -3.14. The van der Waals surface area contributed by atoms with E-state index in [2.05, 4.69) is 6.58 Å². The summed E-state index contributed by atoms with van der Waals surface area (Å²) in [4.78, 5) is 0.690. The van der Waals surface area contributed by atoms with Crippen LogP contribution in [0.25, 0.3) is 26.6 Å². The van der Waals surface area contributed by atoms with Gasteiger partial charge in [0.15, 0.2) is 0 Å². The molecule has 1 heterocycles. The Morgan fingerprint density at radius 2 is 1.92 bits per heavy atom. The van der Waals surface area contributed by atoms with Gasteiger partial charge in [-0.2, -0.15) is 0 Å². The SMILES string of the molecule is C=Cc1c(N)ccc2c(C)c(-c3ccc(F)cc3C(C)(F)F)sc12. The van der Waals surface area contributed by atoms with E-state index in [9.17, 15) is 13.2 Å². The molecule has 5 heteroatoms. The summed E-state index contributed by atoms with van der Waals surface area (Å²) in [5.41, 5.74) is 8.26. The third-order valence-corrected chi connectivity index (χ3v) is 5.46. The normalized spacial score (nSPS) is 11.9. The molecule has 0 unspecified atom stereocenters. The first kappa shape index (κ1) is 16.6. The van der Waals surface area contributed by atoms with Crippen LogP contribution in [0.5, 0.6) is 0 Å². The highest BCUT2D eigenvalue weighted by atomic mass is 32.1. The molecule has 0 saturated carbocycles. The van der Waals surface area contributed by atoms with Gasteiger partial charge >= 0.3 is 0 Å². The number of aryl methyl sites for hydroxylation is 1. The van der Waals surface area contributed by atoms with Gasteiger partial charge in [-0.05, 0) is 36.1 Å². The van der Waals surface area contributed by atoms with E-state index in [1.807, 2.05) is 13.0 Å². The molecule has 0 aliphatic heterocycles. The minimum absolute atomic E-state index is 0.315. The molecular weight excluding hydrogens is 331 g/mol. The third kappa shape index (κ3) is 2.59. The number of fused-ring (bicyclic) bond motifs is 1. The molecule has 1 aromatic heterocycles. The van der Waals surface area contributed by atoms with Crippen LogP contribution in [0, 0.1) is 12.7 Å². The highest BCUT2D eigenvalue weighted by molar-refractivity contribution is 7.22. The van der Waals surface area contributed by atoms with Gasteiger partial charge < -0.3 is 5.73 Å². The lowest BCUT2D eigenvalue weighted by molar-refractivity contribution is 0.0178. The predicted molar refractivity (Wildman–Crippen MR) is 96.0 cm³/mol. The second-order valence-corrected chi connectivity index (χ2v) is 6.80. The van der Waals surface area contributed by atoms with Crippen molar-refractivity contribution in [2.45, 2.75) is 19.8 Å². The van der Waals surface area contributed by atoms with Crippen LogP contribution in [0.3, 0.4) is 0 Å². The molecule has 0 aliphatic rings. The van der Waals surface area contributed by atoms with Crippen molar-refractivity contribution in [3.63, 3.8) is 0 Å². The van der Waals surface area contributed by atoms with Crippen molar-refractivity contribution in [1.29, 1.82) is 0 Å². The second kappa shape index (κ2) is 5.67. The topological polar surface area (TPSA) is 26.0 Å². The molecule has 0 amide bonds. The van der Waals surface area contributed by atoms with Gasteiger partial charge in [-0.1, -0.05) is 24.8 Å². The number of hydrogen-bond acceptors (Lipinski definition) is 2. The van der Waals surface area contributed by atoms with Crippen molar-refractivity contribution in [3.8, 4) is 10.4 Å². The largest absolute Gasteiger partial charge is 0.398 e. The fourth-order valence-corrected chi connectivity index (χ4v) is 4.26. The summed E-state index contributed by atoms with van der Waals surface area (Å²) in [7, 11) is 0. The molecule has 2 N–H and O–H groups in total. The van der Waals surface area contributed by atoms with E-state index in [1.165, 1.54) is 23.5 Å². The number of rotatable bonds is 3. The summed E-state index contributed by atoms with van der Waals surface area (Å²) in [6.45, 7) is 6.43. The molecule has 0 fully saturated rings. The second-order valence-electron chi connectivity index (χ2n) is 5.78. The Kier molecular flexibility index (Phi) is 3.92. The van der Waals surface area contributed by atoms with E-state index < -0.39 is 11.7 Å². The molecule has 124 valence electrons. The van der Waals surface area contributed by atoms with Crippen LogP contribution < -0.4 is 5.73 Å². The van der Waals surface area contributed by atoms with Gasteiger partial charge in [0.2, 0.25) is 0 Å². The molecule has 0 radical (unpaired) electrons. The average molecular weight is 347 g/mol. The highest BCUT2D eigenvalue weighted by Gasteiger charge is 2.30. The molecular formula is C19H16F3NS. The first-order valence-corrected chi connectivity index (χ1v) is 8.18. The first-order chi connectivity index (χ1) is 11.2. The number of benzene rings is 2. The Morgan fingerprint density at radius 1 is 1.21 bits per heavy atom. The van der Waals surface area contributed by atoms with Crippen molar-refractivity contribution >= 4 is 33.2 Å². The summed E-state index contributed by atoms with van der Waals surface area (Å²) in [6.07, 6.45) is 1.66. The predicted octanol–water partition coefficient (Wildman–Crippen LogP) is 6.35. The average Bonchev–Trinajstić information content (AvgIpc) is 2.83. The number of hydrogen-bond donors (Lipinski definition) is 1. The van der Waals surface area contributed by atoms with Gasteiger partial charge in [0.25, 0.3) is 5.92 Å². The minimum Gasteiger partial charge on any atom is -0.398 e. The van der Waals surface area contributed by atoms with Crippen LogP contribution in [0.1, 0.15) is 23.6 Å². The summed E-state index contributed by atoms with van der Waals surface area (Å²) in [5.74, 6) is -3.81. The fraction of sp³-hybridized carbons (Fsp3) is 0.158. The third-order valence-electron chi connectivity index (χ3n) is 4.08. The van der Waals surface area contributed by atoms with Crippen LogP contribution in [-0.2, 0) is 5.92 Å². The number of halogens is 3. The van der Waals surface area contributed by atoms with Gasteiger partial charge in [0.05, 0.1) is 0 Å². The molecule has 0 spiro atoms. The van der Waals surface area contributed by atoms with Gasteiger partial charge in [-0.15, -0.1) is 11.3 Å². The van der Waals surface area contributed by atoms with Gasteiger partial charge in [0.1, 0.15) is 5.82 Å². The van der Waals surface area contributed by atoms with Gasteiger partial charge in [-0.3, -0.25) is 0 Å². The van der Waals surface area contributed by atoms with E-state index in [0.717, 1.165) is 34.2 Å². The van der Waals surface area contributed by atoms with Crippen molar-refractivity contribution < 1.29 is 13.2 Å². The molecule has 24 heavy (non-hydrogen) atoms. The summed E-state index contributed by atoms with van der Waals surface area (Å²) in [5, 5.41) is 0.939. The van der Waals surface area contributed by atoms with Crippen LogP contribution in [0.2, 0.25) is 0 Å². The fourth-order valence-electron chi connectivity index (χ4n) is 2.87. The maximum Gasteiger partial charge on any atom is 0.271 e. The van der Waals surface area contributed by atoms with Gasteiger partial charge in [-0.25, -0.2) is 13.2 Å². The number of anilines is 1. The zero-order valence-corrected chi connectivity index (χ0v) is 14.1. The van der Waals surface area contributed by atoms with E-state index in [1.54, 1.807) is 12.1 Å². The smallest absolute Gasteiger partial charge is 0.271 e.